The van der Waals surface area contributed by atoms with Gasteiger partial charge in [-0.1, -0.05) is 64.5 Å². The second-order valence-corrected chi connectivity index (χ2v) is 6.83. The summed E-state index contributed by atoms with van der Waals surface area (Å²) in [6.07, 6.45) is 0. The molecule has 0 saturated heterocycles. The Bertz CT molecular complexity index is 931. The van der Waals surface area contributed by atoms with Crippen LogP contribution in [0.15, 0.2) is 59.6 Å². The minimum absolute atomic E-state index is 0.00167. The molecular formula is C23H25BrN2O5. The smallest absolute Gasteiger partial charge is 0.326 e. The van der Waals surface area contributed by atoms with Crippen LogP contribution in [0.4, 0.5) is 5.69 Å². The van der Waals surface area contributed by atoms with Crippen molar-refractivity contribution in [2.24, 2.45) is 4.99 Å². The molecule has 1 aliphatic heterocycles. The molecule has 0 fully saturated rings. The number of carbonyl (C=O) groups excluding carboxylic acids is 3. The second kappa shape index (κ2) is 12.6. The fourth-order valence-corrected chi connectivity index (χ4v) is 3.07. The first-order chi connectivity index (χ1) is 15.0. The largest absolute Gasteiger partial charge is 0.465 e. The number of esters is 2. The fourth-order valence-electron chi connectivity index (χ4n) is 2.91. The van der Waals surface area contributed by atoms with Crippen molar-refractivity contribution < 1.29 is 23.9 Å². The molecule has 0 unspecified atom stereocenters. The van der Waals surface area contributed by atoms with Crippen molar-refractivity contribution in [3.05, 3.63) is 65.7 Å². The van der Waals surface area contributed by atoms with Crippen LogP contribution in [0.5, 0.6) is 0 Å². The van der Waals surface area contributed by atoms with Crippen LogP contribution in [0, 0.1) is 0 Å². The van der Waals surface area contributed by atoms with Crippen molar-refractivity contribution in [2.75, 3.05) is 36.5 Å². The molecule has 2 aromatic rings. The Balaban J connectivity index is 0.000000423. The van der Waals surface area contributed by atoms with Crippen LogP contribution in [-0.2, 0) is 23.9 Å². The number of para-hydroxylation sites is 1. The first kappa shape index (κ1) is 24.3. The molecule has 0 bridgehead atoms. The number of halogens is 1. The zero-order valence-electron chi connectivity index (χ0n) is 17.5. The first-order valence-corrected chi connectivity index (χ1v) is 11.0. The molecule has 0 aliphatic carbocycles. The Morgan fingerprint density at radius 2 is 1.58 bits per heavy atom. The van der Waals surface area contributed by atoms with Crippen LogP contribution < -0.4 is 4.90 Å². The average molecular weight is 489 g/mol. The number of hydrogen-bond acceptors (Lipinski definition) is 6. The van der Waals surface area contributed by atoms with Gasteiger partial charge in [-0.05, 0) is 19.9 Å². The van der Waals surface area contributed by atoms with Crippen molar-refractivity contribution in [1.82, 2.24) is 0 Å². The lowest BCUT2D eigenvalue weighted by molar-refractivity contribution is -0.142. The first-order valence-electron chi connectivity index (χ1n) is 9.88. The van der Waals surface area contributed by atoms with Crippen LogP contribution in [-0.4, -0.2) is 55.2 Å². The van der Waals surface area contributed by atoms with E-state index >= 15 is 0 Å². The van der Waals surface area contributed by atoms with E-state index in [2.05, 4.69) is 25.7 Å². The maximum atomic E-state index is 12.5. The molecular weight excluding hydrogens is 464 g/mol. The standard InChI is InChI=1S/C19H18N2O3.C4H7BrO2/c1-2-24-18(23)13-21-16-11-7-6-10-15(16)19(20-12-17(21)22)14-8-4-3-5-9-14;1-2-7-4(6)3-5/h3-11H,2,12-13H2,1H3;2-3H2,1H3. The van der Waals surface area contributed by atoms with E-state index in [0.717, 1.165) is 16.8 Å². The molecule has 0 atom stereocenters. The number of aliphatic imine (C=N–C) groups is 1. The van der Waals surface area contributed by atoms with Crippen molar-refractivity contribution in [2.45, 2.75) is 13.8 Å². The van der Waals surface area contributed by atoms with Crippen LogP contribution >= 0.6 is 15.9 Å². The number of fused-ring (bicyclic) bond motifs is 1. The summed E-state index contributed by atoms with van der Waals surface area (Å²) in [6, 6.07) is 17.2. The highest BCUT2D eigenvalue weighted by atomic mass is 79.9. The van der Waals surface area contributed by atoms with Crippen molar-refractivity contribution >= 4 is 45.2 Å². The minimum Gasteiger partial charge on any atom is -0.465 e. The second-order valence-electron chi connectivity index (χ2n) is 6.27. The number of amides is 1. The lowest BCUT2D eigenvalue weighted by Gasteiger charge is -2.22. The highest BCUT2D eigenvalue weighted by Gasteiger charge is 2.26. The van der Waals surface area contributed by atoms with Gasteiger partial charge in [-0.15, -0.1) is 0 Å². The Labute approximate surface area is 190 Å². The van der Waals surface area contributed by atoms with Gasteiger partial charge in [-0.25, -0.2) is 0 Å². The number of carbonyl (C=O) groups is 3. The maximum Gasteiger partial charge on any atom is 0.326 e. The summed E-state index contributed by atoms with van der Waals surface area (Å²) in [5, 5.41) is 0.292. The normalized spacial score (nSPS) is 12.5. The Morgan fingerprint density at radius 3 is 2.19 bits per heavy atom. The SMILES string of the molecule is CCOC(=O)CBr.CCOC(=O)CN1C(=O)CN=C(c2ccccc2)c2ccccc21. The summed E-state index contributed by atoms with van der Waals surface area (Å²) in [5.74, 6) is -0.854. The number of hydrogen-bond donors (Lipinski definition) is 0. The predicted molar refractivity (Wildman–Crippen MR) is 123 cm³/mol. The molecule has 1 heterocycles. The topological polar surface area (TPSA) is 85.3 Å². The van der Waals surface area contributed by atoms with E-state index in [1.165, 1.54) is 4.90 Å². The Kier molecular flexibility index (Phi) is 9.90. The number of ether oxygens (including phenoxy) is 2. The van der Waals surface area contributed by atoms with E-state index in [0.29, 0.717) is 17.6 Å². The number of rotatable bonds is 6. The molecule has 8 heteroatoms. The molecule has 0 saturated carbocycles. The molecule has 1 aliphatic rings. The quantitative estimate of drug-likeness (QED) is 0.459. The zero-order chi connectivity index (χ0) is 22.6. The van der Waals surface area contributed by atoms with Crippen LogP contribution in [0.25, 0.3) is 0 Å². The van der Waals surface area contributed by atoms with Gasteiger partial charge in [0.05, 0.1) is 24.6 Å². The van der Waals surface area contributed by atoms with E-state index in [9.17, 15) is 14.4 Å². The lowest BCUT2D eigenvalue weighted by atomic mass is 10.0. The predicted octanol–water partition coefficient (Wildman–Crippen LogP) is 3.38. The van der Waals surface area contributed by atoms with Crippen LogP contribution in [0.2, 0.25) is 0 Å². The van der Waals surface area contributed by atoms with E-state index in [1.807, 2.05) is 54.6 Å². The molecule has 0 aromatic heterocycles. The number of nitrogens with zero attached hydrogens (tertiary/aromatic N) is 2. The average Bonchev–Trinajstić information content (AvgIpc) is 2.92. The highest BCUT2D eigenvalue weighted by Crippen LogP contribution is 2.26. The Morgan fingerprint density at radius 1 is 0.968 bits per heavy atom. The van der Waals surface area contributed by atoms with Crippen LogP contribution in [0.1, 0.15) is 25.0 Å². The number of benzene rings is 2. The van der Waals surface area contributed by atoms with E-state index in [4.69, 9.17) is 4.74 Å². The third-order valence-corrected chi connectivity index (χ3v) is 4.64. The third-order valence-electron chi connectivity index (χ3n) is 4.18. The molecule has 1 amide bonds. The van der Waals surface area contributed by atoms with E-state index in [-0.39, 0.29) is 31.6 Å². The van der Waals surface area contributed by atoms with Crippen molar-refractivity contribution in [3.8, 4) is 0 Å². The summed E-state index contributed by atoms with van der Waals surface area (Å²) in [5.41, 5.74) is 3.20. The van der Waals surface area contributed by atoms with E-state index in [1.54, 1.807) is 13.8 Å². The van der Waals surface area contributed by atoms with Gasteiger partial charge in [0.15, 0.2) is 0 Å². The Hall–Kier alpha value is -3.00. The molecule has 164 valence electrons. The summed E-state index contributed by atoms with van der Waals surface area (Å²) < 4.78 is 9.50. The van der Waals surface area contributed by atoms with Crippen LogP contribution in [0.3, 0.4) is 0 Å². The summed E-state index contributed by atoms with van der Waals surface area (Å²) in [6.45, 7) is 4.16. The van der Waals surface area contributed by atoms with Gasteiger partial charge in [-0.2, -0.15) is 0 Å². The lowest BCUT2D eigenvalue weighted by Crippen LogP contribution is -2.37. The summed E-state index contributed by atoms with van der Waals surface area (Å²) >= 11 is 2.94. The molecule has 2 aromatic carbocycles. The highest BCUT2D eigenvalue weighted by molar-refractivity contribution is 9.09. The van der Waals surface area contributed by atoms with E-state index < -0.39 is 5.97 Å². The molecule has 0 radical (unpaired) electrons. The van der Waals surface area contributed by atoms with Gasteiger partial charge in [-0.3, -0.25) is 24.3 Å². The van der Waals surface area contributed by atoms with Gasteiger partial charge >= 0.3 is 11.9 Å². The molecule has 31 heavy (non-hydrogen) atoms. The monoisotopic (exact) mass is 488 g/mol. The fraction of sp³-hybridized carbons (Fsp3) is 0.304. The molecule has 3 rings (SSSR count). The number of anilines is 1. The summed E-state index contributed by atoms with van der Waals surface area (Å²) in [7, 11) is 0. The number of benzodiazepines with no additional fused rings is 1. The summed E-state index contributed by atoms with van der Waals surface area (Å²) in [4.78, 5) is 40.5. The minimum atomic E-state index is -0.427. The molecule has 0 spiro atoms. The van der Waals surface area contributed by atoms with Gasteiger partial charge < -0.3 is 9.47 Å². The van der Waals surface area contributed by atoms with Gasteiger partial charge in [0.25, 0.3) is 0 Å². The van der Waals surface area contributed by atoms with Gasteiger partial charge in [0.1, 0.15) is 18.4 Å². The molecule has 7 nitrogen and oxygen atoms in total. The van der Waals surface area contributed by atoms with Gasteiger partial charge in [0, 0.05) is 11.1 Å². The third kappa shape index (κ3) is 7.03. The van der Waals surface area contributed by atoms with Crippen molar-refractivity contribution in [1.29, 1.82) is 0 Å². The van der Waals surface area contributed by atoms with Gasteiger partial charge in [0.2, 0.25) is 5.91 Å². The maximum absolute atomic E-state index is 12.5. The van der Waals surface area contributed by atoms with Crippen molar-refractivity contribution in [3.63, 3.8) is 0 Å². The zero-order valence-corrected chi connectivity index (χ0v) is 19.1. The number of alkyl halides is 1. The molecule has 0 N–H and O–H groups in total.